The number of hydrogen-bond acceptors (Lipinski definition) is 3. The van der Waals surface area contributed by atoms with Gasteiger partial charge in [-0.2, -0.15) is 11.8 Å². The number of rotatable bonds is 4. The number of benzene rings is 1. The van der Waals surface area contributed by atoms with Gasteiger partial charge in [-0.1, -0.05) is 18.6 Å². The second kappa shape index (κ2) is 6.96. The highest BCUT2D eigenvalue weighted by Crippen LogP contribution is 2.21. The first-order valence-corrected chi connectivity index (χ1v) is 8.05. The van der Waals surface area contributed by atoms with Gasteiger partial charge >= 0.3 is 5.97 Å². The summed E-state index contributed by atoms with van der Waals surface area (Å²) in [5.41, 5.74) is 1.48. The second-order valence-corrected chi connectivity index (χ2v) is 6.23. The Morgan fingerprint density at radius 1 is 1.47 bits per heavy atom. The van der Waals surface area contributed by atoms with Crippen LogP contribution in [-0.2, 0) is 6.54 Å². The lowest BCUT2D eigenvalue weighted by Gasteiger charge is -2.23. The maximum Gasteiger partial charge on any atom is 0.335 e. The predicted octanol–water partition coefficient (Wildman–Crippen LogP) is 3.10. The summed E-state index contributed by atoms with van der Waals surface area (Å²) in [7, 11) is 0. The first-order valence-electron chi connectivity index (χ1n) is 6.76. The van der Waals surface area contributed by atoms with Crippen molar-refractivity contribution < 1.29 is 9.90 Å². The number of hydrogen-bond donors (Lipinski definition) is 1. The minimum atomic E-state index is -0.847. The number of aromatic carboxylic acids is 1. The third-order valence-corrected chi connectivity index (χ3v) is 4.68. The zero-order valence-corrected chi connectivity index (χ0v) is 12.2. The van der Waals surface area contributed by atoms with E-state index in [0.717, 1.165) is 25.2 Å². The van der Waals surface area contributed by atoms with Gasteiger partial charge in [-0.15, -0.1) is 0 Å². The first kappa shape index (κ1) is 14.4. The maximum atomic E-state index is 11.0. The molecule has 104 valence electrons. The summed E-state index contributed by atoms with van der Waals surface area (Å²) < 4.78 is 0. The van der Waals surface area contributed by atoms with Crippen molar-refractivity contribution in [3.8, 4) is 0 Å². The van der Waals surface area contributed by atoms with Crippen molar-refractivity contribution in [2.24, 2.45) is 0 Å². The van der Waals surface area contributed by atoms with Gasteiger partial charge in [-0.25, -0.2) is 4.79 Å². The molecule has 0 saturated carbocycles. The Kier molecular flexibility index (Phi) is 5.28. The van der Waals surface area contributed by atoms with Crippen molar-refractivity contribution >= 4 is 17.7 Å². The molecule has 1 fully saturated rings. The summed E-state index contributed by atoms with van der Waals surface area (Å²) in [6, 6.07) is 7.30. The molecule has 1 saturated heterocycles. The van der Waals surface area contributed by atoms with Gasteiger partial charge in [0.05, 0.1) is 5.56 Å². The molecule has 1 heterocycles. The number of carboxylic acid groups (broad SMARTS) is 1. The van der Waals surface area contributed by atoms with E-state index in [1.54, 1.807) is 12.1 Å². The third-order valence-electron chi connectivity index (χ3n) is 3.63. The van der Waals surface area contributed by atoms with E-state index < -0.39 is 5.97 Å². The molecule has 1 unspecified atom stereocenters. The normalized spacial score (nSPS) is 21.0. The van der Waals surface area contributed by atoms with E-state index in [1.807, 2.05) is 23.9 Å². The van der Waals surface area contributed by atoms with Crippen molar-refractivity contribution in [3.63, 3.8) is 0 Å². The van der Waals surface area contributed by atoms with Crippen molar-refractivity contribution in [1.29, 1.82) is 0 Å². The van der Waals surface area contributed by atoms with Gasteiger partial charge in [0, 0.05) is 18.3 Å². The summed E-state index contributed by atoms with van der Waals surface area (Å²) in [5, 5.41) is 9.74. The number of nitrogens with zero attached hydrogens (tertiary/aromatic N) is 1. The van der Waals surface area contributed by atoms with Crippen LogP contribution in [0.1, 0.15) is 35.2 Å². The molecular formula is C15H21NO2S. The average Bonchev–Trinajstić information content (AvgIpc) is 2.64. The van der Waals surface area contributed by atoms with E-state index in [0.29, 0.717) is 10.8 Å². The lowest BCUT2D eigenvalue weighted by Crippen LogP contribution is -2.29. The van der Waals surface area contributed by atoms with Gasteiger partial charge in [-0.05, 0) is 43.3 Å². The lowest BCUT2D eigenvalue weighted by molar-refractivity contribution is 0.0696. The minimum Gasteiger partial charge on any atom is -0.478 e. The van der Waals surface area contributed by atoms with E-state index in [4.69, 9.17) is 5.11 Å². The molecule has 0 spiro atoms. The van der Waals surface area contributed by atoms with Gasteiger partial charge in [0.25, 0.3) is 0 Å². The standard InChI is InChI=1S/C15H21NO2S/c1-19-14-7-2-3-8-16(11-14)10-12-5-4-6-13(9-12)15(17)18/h4-6,9,14H,2-3,7-8,10-11H2,1H3,(H,17,18). The Labute approximate surface area is 119 Å². The largest absolute Gasteiger partial charge is 0.478 e. The van der Waals surface area contributed by atoms with Crippen LogP contribution in [0.5, 0.6) is 0 Å². The molecule has 0 aliphatic carbocycles. The van der Waals surface area contributed by atoms with E-state index >= 15 is 0 Å². The van der Waals surface area contributed by atoms with Crippen LogP contribution >= 0.6 is 11.8 Å². The third kappa shape index (κ3) is 4.25. The van der Waals surface area contributed by atoms with E-state index in [-0.39, 0.29) is 0 Å². The van der Waals surface area contributed by atoms with Crippen LogP contribution in [0, 0.1) is 0 Å². The maximum absolute atomic E-state index is 11.0. The summed E-state index contributed by atoms with van der Waals surface area (Å²) >= 11 is 1.95. The molecule has 1 aliphatic rings. The van der Waals surface area contributed by atoms with E-state index in [1.165, 1.54) is 19.3 Å². The Bertz CT molecular complexity index is 436. The van der Waals surface area contributed by atoms with Crippen LogP contribution in [0.25, 0.3) is 0 Å². The molecule has 1 aromatic carbocycles. The summed E-state index contributed by atoms with van der Waals surface area (Å²) in [5.74, 6) is -0.847. The molecule has 3 nitrogen and oxygen atoms in total. The molecule has 1 atom stereocenters. The van der Waals surface area contributed by atoms with Crippen molar-refractivity contribution in [3.05, 3.63) is 35.4 Å². The second-order valence-electron chi connectivity index (χ2n) is 5.09. The zero-order valence-electron chi connectivity index (χ0n) is 11.3. The monoisotopic (exact) mass is 279 g/mol. The number of likely N-dealkylation sites (tertiary alicyclic amines) is 1. The van der Waals surface area contributed by atoms with Crippen LogP contribution < -0.4 is 0 Å². The Morgan fingerprint density at radius 3 is 3.05 bits per heavy atom. The van der Waals surface area contributed by atoms with E-state index in [9.17, 15) is 4.79 Å². The van der Waals surface area contributed by atoms with Crippen molar-refractivity contribution in [1.82, 2.24) is 4.90 Å². The van der Waals surface area contributed by atoms with Crippen LogP contribution in [0.2, 0.25) is 0 Å². The summed E-state index contributed by atoms with van der Waals surface area (Å²) in [6.45, 7) is 3.09. The molecule has 1 N–H and O–H groups in total. The van der Waals surface area contributed by atoms with Crippen molar-refractivity contribution in [2.45, 2.75) is 31.1 Å². The lowest BCUT2D eigenvalue weighted by atomic mass is 10.1. The minimum absolute atomic E-state index is 0.383. The number of carboxylic acids is 1. The van der Waals surface area contributed by atoms with Gasteiger partial charge in [0.1, 0.15) is 0 Å². The molecule has 0 bridgehead atoms. The quantitative estimate of drug-likeness (QED) is 0.919. The fraction of sp³-hybridized carbons (Fsp3) is 0.533. The highest BCUT2D eigenvalue weighted by Gasteiger charge is 2.17. The van der Waals surface area contributed by atoms with Crippen LogP contribution in [0.3, 0.4) is 0 Å². The fourth-order valence-corrected chi connectivity index (χ4v) is 3.34. The zero-order chi connectivity index (χ0) is 13.7. The number of thioether (sulfide) groups is 1. The van der Waals surface area contributed by atoms with Crippen LogP contribution in [0.4, 0.5) is 0 Å². The Hall–Kier alpha value is -1.00. The smallest absolute Gasteiger partial charge is 0.335 e. The Morgan fingerprint density at radius 2 is 2.32 bits per heavy atom. The molecule has 19 heavy (non-hydrogen) atoms. The van der Waals surface area contributed by atoms with Gasteiger partial charge in [0.15, 0.2) is 0 Å². The van der Waals surface area contributed by atoms with Gasteiger partial charge < -0.3 is 5.11 Å². The molecule has 1 aliphatic heterocycles. The molecule has 1 aromatic rings. The molecular weight excluding hydrogens is 258 g/mol. The van der Waals surface area contributed by atoms with Crippen LogP contribution in [0.15, 0.2) is 24.3 Å². The first-order chi connectivity index (χ1) is 9.19. The van der Waals surface area contributed by atoms with E-state index in [2.05, 4.69) is 11.2 Å². The molecule has 0 amide bonds. The average molecular weight is 279 g/mol. The summed E-state index contributed by atoms with van der Waals surface area (Å²) in [4.78, 5) is 13.4. The molecule has 0 radical (unpaired) electrons. The van der Waals surface area contributed by atoms with Crippen molar-refractivity contribution in [2.75, 3.05) is 19.3 Å². The fourth-order valence-electron chi connectivity index (χ4n) is 2.57. The molecule has 0 aromatic heterocycles. The topological polar surface area (TPSA) is 40.5 Å². The molecule has 4 heteroatoms. The summed E-state index contributed by atoms with van der Waals surface area (Å²) in [6.07, 6.45) is 6.03. The highest BCUT2D eigenvalue weighted by atomic mass is 32.2. The Balaban J connectivity index is 2.02. The van der Waals surface area contributed by atoms with Gasteiger partial charge in [-0.3, -0.25) is 4.90 Å². The predicted molar refractivity (Wildman–Crippen MR) is 79.8 cm³/mol. The number of carbonyl (C=O) groups is 1. The van der Waals surface area contributed by atoms with Gasteiger partial charge in [0.2, 0.25) is 0 Å². The molecule has 2 rings (SSSR count). The SMILES string of the molecule is CSC1CCCCN(Cc2cccc(C(=O)O)c2)C1. The highest BCUT2D eigenvalue weighted by molar-refractivity contribution is 7.99. The van der Waals surface area contributed by atoms with Crippen LogP contribution in [-0.4, -0.2) is 40.6 Å².